The van der Waals surface area contributed by atoms with Crippen LogP contribution in [0.15, 0.2) is 52.3 Å². The van der Waals surface area contributed by atoms with Gasteiger partial charge in [0.1, 0.15) is 0 Å². The van der Waals surface area contributed by atoms with Gasteiger partial charge in [0, 0.05) is 43.7 Å². The smallest absolute Gasteiger partial charge is 0.255 e. The second kappa shape index (κ2) is 8.64. The molecule has 0 aromatic heterocycles. The number of piperazine rings is 1. The molecular formula is C19H22ClN3O5S2. The minimum atomic E-state index is -3.60. The number of sulfonamides is 1. The Labute approximate surface area is 181 Å². The van der Waals surface area contributed by atoms with Gasteiger partial charge in [-0.15, -0.1) is 0 Å². The summed E-state index contributed by atoms with van der Waals surface area (Å²) >= 11 is 5.90. The van der Waals surface area contributed by atoms with Crippen LogP contribution in [0.3, 0.4) is 0 Å². The van der Waals surface area contributed by atoms with Crippen molar-refractivity contribution < 1.29 is 21.6 Å². The average Bonchev–Trinajstić information content (AvgIpc) is 2.68. The number of sulfone groups is 1. The Morgan fingerprint density at radius 3 is 2.13 bits per heavy atom. The summed E-state index contributed by atoms with van der Waals surface area (Å²) in [6, 6.07) is 9.83. The summed E-state index contributed by atoms with van der Waals surface area (Å²) in [6.45, 7) is 2.20. The van der Waals surface area contributed by atoms with Crippen molar-refractivity contribution in [3.63, 3.8) is 0 Å². The summed E-state index contributed by atoms with van der Waals surface area (Å²) in [5.74, 6) is -0.536. The van der Waals surface area contributed by atoms with E-state index in [2.05, 4.69) is 10.2 Å². The van der Waals surface area contributed by atoms with E-state index in [-0.39, 0.29) is 20.4 Å². The van der Waals surface area contributed by atoms with Gasteiger partial charge in [0.2, 0.25) is 10.0 Å². The van der Waals surface area contributed by atoms with Crippen molar-refractivity contribution in [1.29, 1.82) is 0 Å². The molecule has 0 radical (unpaired) electrons. The van der Waals surface area contributed by atoms with Gasteiger partial charge < -0.3 is 10.2 Å². The number of rotatable bonds is 5. The summed E-state index contributed by atoms with van der Waals surface area (Å²) < 4.78 is 50.5. The van der Waals surface area contributed by atoms with Crippen molar-refractivity contribution in [3.05, 3.63) is 53.1 Å². The van der Waals surface area contributed by atoms with Crippen LogP contribution in [0.2, 0.25) is 5.02 Å². The van der Waals surface area contributed by atoms with Crippen molar-refractivity contribution in [2.75, 3.05) is 44.8 Å². The third kappa shape index (κ3) is 5.01. The molecule has 1 saturated heterocycles. The number of hydrogen-bond donors (Lipinski definition) is 1. The predicted octanol–water partition coefficient (Wildman–Crippen LogP) is 1.93. The molecule has 0 saturated carbocycles. The van der Waals surface area contributed by atoms with Gasteiger partial charge in [-0.2, -0.15) is 4.31 Å². The molecule has 30 heavy (non-hydrogen) atoms. The number of carbonyl (C=O) groups excluding carboxylic acids is 1. The maximum atomic E-state index is 12.8. The van der Waals surface area contributed by atoms with E-state index in [1.807, 2.05) is 7.05 Å². The summed E-state index contributed by atoms with van der Waals surface area (Å²) in [5, 5.41) is 2.66. The Morgan fingerprint density at radius 2 is 1.57 bits per heavy atom. The molecule has 0 bridgehead atoms. The highest BCUT2D eigenvalue weighted by Crippen LogP contribution is 2.24. The van der Waals surface area contributed by atoms with Crippen LogP contribution >= 0.6 is 11.6 Å². The zero-order valence-corrected chi connectivity index (χ0v) is 18.9. The number of amides is 1. The molecule has 162 valence electrons. The Morgan fingerprint density at radius 1 is 0.967 bits per heavy atom. The number of hydrogen-bond acceptors (Lipinski definition) is 6. The van der Waals surface area contributed by atoms with Gasteiger partial charge in [0.25, 0.3) is 5.91 Å². The third-order valence-electron chi connectivity index (χ3n) is 4.81. The Balaban J connectivity index is 1.75. The van der Waals surface area contributed by atoms with Gasteiger partial charge in [0.15, 0.2) is 9.84 Å². The van der Waals surface area contributed by atoms with E-state index in [4.69, 9.17) is 11.6 Å². The van der Waals surface area contributed by atoms with E-state index in [1.165, 1.54) is 46.8 Å². The lowest BCUT2D eigenvalue weighted by Gasteiger charge is -2.31. The largest absolute Gasteiger partial charge is 0.322 e. The first-order valence-electron chi connectivity index (χ1n) is 9.08. The number of nitrogens with one attached hydrogen (secondary N) is 1. The molecule has 3 rings (SSSR count). The van der Waals surface area contributed by atoms with E-state index >= 15 is 0 Å². The van der Waals surface area contributed by atoms with Gasteiger partial charge in [-0.25, -0.2) is 16.8 Å². The van der Waals surface area contributed by atoms with Gasteiger partial charge in [-0.1, -0.05) is 11.6 Å². The van der Waals surface area contributed by atoms with E-state index in [1.54, 1.807) is 0 Å². The third-order valence-corrected chi connectivity index (χ3v) is 8.30. The first-order chi connectivity index (χ1) is 14.0. The highest BCUT2D eigenvalue weighted by Gasteiger charge is 2.27. The van der Waals surface area contributed by atoms with Crippen molar-refractivity contribution in [3.8, 4) is 0 Å². The van der Waals surface area contributed by atoms with Crippen molar-refractivity contribution in [1.82, 2.24) is 9.21 Å². The summed E-state index contributed by atoms with van der Waals surface area (Å²) in [7, 11) is -5.24. The summed E-state index contributed by atoms with van der Waals surface area (Å²) in [6.07, 6.45) is 1.01. The minimum absolute atomic E-state index is 0.0347. The van der Waals surface area contributed by atoms with Gasteiger partial charge in [0.05, 0.1) is 14.8 Å². The van der Waals surface area contributed by atoms with Crippen LogP contribution in [0.1, 0.15) is 10.4 Å². The molecule has 1 N–H and O–H groups in total. The van der Waals surface area contributed by atoms with Crippen LogP contribution in [-0.4, -0.2) is 71.4 Å². The Kier molecular flexibility index (Phi) is 6.54. The molecule has 1 amide bonds. The average molecular weight is 472 g/mol. The first-order valence-corrected chi connectivity index (χ1v) is 12.8. The van der Waals surface area contributed by atoms with Crippen LogP contribution in [0.4, 0.5) is 5.69 Å². The second-order valence-electron chi connectivity index (χ2n) is 7.10. The van der Waals surface area contributed by atoms with E-state index < -0.39 is 25.8 Å². The second-order valence-corrected chi connectivity index (χ2v) is 11.4. The maximum Gasteiger partial charge on any atom is 0.255 e. The zero-order chi connectivity index (χ0) is 22.1. The van der Waals surface area contributed by atoms with Gasteiger partial charge in [-0.3, -0.25) is 4.79 Å². The summed E-state index contributed by atoms with van der Waals surface area (Å²) in [4.78, 5) is 14.6. The molecular weight excluding hydrogens is 450 g/mol. The Hall–Kier alpha value is -1.98. The molecule has 1 aliphatic rings. The van der Waals surface area contributed by atoms with Crippen molar-refractivity contribution in [2.24, 2.45) is 0 Å². The van der Waals surface area contributed by atoms with E-state index in [9.17, 15) is 21.6 Å². The molecule has 1 fully saturated rings. The fourth-order valence-corrected chi connectivity index (χ4v) is 5.74. The SMILES string of the molecule is CN1CCN(S(=O)(=O)c2ccc(NC(=O)c3ccc(Cl)c(S(C)(=O)=O)c3)cc2)CC1. The van der Waals surface area contributed by atoms with Crippen LogP contribution in [0, 0.1) is 0 Å². The molecule has 0 atom stereocenters. The Bertz CT molecular complexity index is 1160. The van der Waals surface area contributed by atoms with Crippen LogP contribution in [0.25, 0.3) is 0 Å². The number of nitrogens with zero attached hydrogens (tertiary/aromatic N) is 2. The molecule has 1 heterocycles. The number of halogens is 1. The minimum Gasteiger partial charge on any atom is -0.322 e. The standard InChI is InChI=1S/C19H22ClN3O5S2/c1-22-9-11-23(12-10-22)30(27,28)16-6-4-15(5-7-16)21-19(24)14-3-8-17(20)18(13-14)29(2,25)26/h3-8,13H,9-12H2,1-2H3,(H,21,24). The highest BCUT2D eigenvalue weighted by atomic mass is 35.5. The summed E-state index contributed by atoms with van der Waals surface area (Å²) in [5.41, 5.74) is 0.502. The maximum absolute atomic E-state index is 12.8. The quantitative estimate of drug-likeness (QED) is 0.714. The predicted molar refractivity (Wildman–Crippen MR) is 115 cm³/mol. The van der Waals surface area contributed by atoms with E-state index in [0.29, 0.717) is 31.9 Å². The molecule has 2 aromatic rings. The zero-order valence-electron chi connectivity index (χ0n) is 16.5. The lowest BCUT2D eigenvalue weighted by atomic mass is 10.2. The van der Waals surface area contributed by atoms with Crippen LogP contribution in [0.5, 0.6) is 0 Å². The topological polar surface area (TPSA) is 104 Å². The first kappa shape index (κ1) is 22.7. The molecule has 2 aromatic carbocycles. The van der Waals surface area contributed by atoms with E-state index in [0.717, 1.165) is 6.26 Å². The van der Waals surface area contributed by atoms with Crippen molar-refractivity contribution >= 4 is 43.1 Å². The van der Waals surface area contributed by atoms with Crippen LogP contribution in [-0.2, 0) is 19.9 Å². The number of likely N-dealkylation sites (N-methyl/N-ethyl adjacent to an activating group) is 1. The van der Waals surface area contributed by atoms with Gasteiger partial charge >= 0.3 is 0 Å². The lowest BCUT2D eigenvalue weighted by molar-refractivity contribution is 0.102. The fourth-order valence-electron chi connectivity index (χ4n) is 3.02. The van der Waals surface area contributed by atoms with Crippen LogP contribution < -0.4 is 5.32 Å². The molecule has 0 unspecified atom stereocenters. The number of anilines is 1. The molecule has 1 aliphatic heterocycles. The lowest BCUT2D eigenvalue weighted by Crippen LogP contribution is -2.46. The molecule has 8 nitrogen and oxygen atoms in total. The van der Waals surface area contributed by atoms with Crippen molar-refractivity contribution in [2.45, 2.75) is 9.79 Å². The monoisotopic (exact) mass is 471 g/mol. The number of carbonyl (C=O) groups is 1. The number of benzene rings is 2. The fraction of sp³-hybridized carbons (Fsp3) is 0.316. The molecule has 0 spiro atoms. The highest BCUT2D eigenvalue weighted by molar-refractivity contribution is 7.90. The van der Waals surface area contributed by atoms with Gasteiger partial charge in [-0.05, 0) is 49.5 Å². The molecule has 11 heteroatoms. The normalized spacial score (nSPS) is 16.4. The molecule has 0 aliphatic carbocycles.